The molecule has 4 nitrogen and oxygen atoms in total. The number of aryl methyl sites for hydroxylation is 1. The minimum atomic E-state index is 0.165. The first kappa shape index (κ1) is 15.5. The third-order valence-corrected chi connectivity index (χ3v) is 3.48. The van der Waals surface area contributed by atoms with E-state index in [1.165, 1.54) is 5.56 Å². The number of rotatable bonds is 6. The van der Waals surface area contributed by atoms with Crippen LogP contribution >= 0.6 is 12.2 Å². The molecule has 1 atom stereocenters. The summed E-state index contributed by atoms with van der Waals surface area (Å²) in [5, 5.41) is 3.43. The number of nitrogens with one attached hydrogen (secondary N) is 2. The van der Waals surface area contributed by atoms with Crippen molar-refractivity contribution in [3.05, 3.63) is 46.4 Å². The second-order valence-corrected chi connectivity index (χ2v) is 5.39. The van der Waals surface area contributed by atoms with Gasteiger partial charge in [-0.3, -0.25) is 0 Å². The second-order valence-electron chi connectivity index (χ2n) is 4.97. The summed E-state index contributed by atoms with van der Waals surface area (Å²) in [5.74, 6) is 2.69. The zero-order chi connectivity index (χ0) is 15.2. The zero-order valence-corrected chi connectivity index (χ0v) is 13.5. The molecule has 1 heterocycles. The lowest BCUT2D eigenvalue weighted by molar-refractivity contribution is 0.414. The molecule has 0 aliphatic carbocycles. The maximum atomic E-state index is 5.22. The molecule has 1 aromatic carbocycles. The Balaban J connectivity index is 2.14. The van der Waals surface area contributed by atoms with Gasteiger partial charge in [-0.1, -0.05) is 31.3 Å². The molecular weight excluding hydrogens is 282 g/mol. The van der Waals surface area contributed by atoms with Gasteiger partial charge in [0.25, 0.3) is 0 Å². The van der Waals surface area contributed by atoms with E-state index in [1.807, 2.05) is 18.2 Å². The number of benzene rings is 1. The van der Waals surface area contributed by atoms with Crippen molar-refractivity contribution in [2.45, 2.75) is 32.7 Å². The van der Waals surface area contributed by atoms with Gasteiger partial charge in [0.1, 0.15) is 22.0 Å². The van der Waals surface area contributed by atoms with Crippen LogP contribution in [0, 0.1) is 4.64 Å². The lowest BCUT2D eigenvalue weighted by atomic mass is 10.1. The van der Waals surface area contributed by atoms with E-state index in [-0.39, 0.29) is 6.04 Å². The number of hydrogen-bond acceptors (Lipinski definition) is 4. The molecule has 0 saturated carbocycles. The van der Waals surface area contributed by atoms with Crippen LogP contribution in [0.2, 0.25) is 0 Å². The zero-order valence-electron chi connectivity index (χ0n) is 12.6. The van der Waals surface area contributed by atoms with Crippen LogP contribution in [0.1, 0.15) is 37.7 Å². The van der Waals surface area contributed by atoms with Crippen LogP contribution in [0.25, 0.3) is 0 Å². The van der Waals surface area contributed by atoms with Crippen molar-refractivity contribution in [3.63, 3.8) is 0 Å². The summed E-state index contributed by atoms with van der Waals surface area (Å²) >= 11 is 5.22. The molecule has 0 amide bonds. The van der Waals surface area contributed by atoms with E-state index >= 15 is 0 Å². The third kappa shape index (κ3) is 4.29. The monoisotopic (exact) mass is 303 g/mol. The first-order chi connectivity index (χ1) is 10.1. The Bertz CT molecular complexity index is 637. The molecular formula is C16H21N3OS. The van der Waals surface area contributed by atoms with Crippen molar-refractivity contribution >= 4 is 18.0 Å². The molecule has 21 heavy (non-hydrogen) atoms. The average molecular weight is 303 g/mol. The Labute approximate surface area is 130 Å². The molecule has 0 radical (unpaired) electrons. The van der Waals surface area contributed by atoms with Crippen LogP contribution in [0.4, 0.5) is 5.82 Å². The van der Waals surface area contributed by atoms with Crippen molar-refractivity contribution in [1.82, 2.24) is 9.97 Å². The van der Waals surface area contributed by atoms with Crippen molar-refractivity contribution in [1.29, 1.82) is 0 Å². The topological polar surface area (TPSA) is 49.9 Å². The fourth-order valence-electron chi connectivity index (χ4n) is 2.15. The van der Waals surface area contributed by atoms with Gasteiger partial charge in [0.15, 0.2) is 0 Å². The average Bonchev–Trinajstić information content (AvgIpc) is 2.47. The Kier molecular flexibility index (Phi) is 5.33. The lowest BCUT2D eigenvalue weighted by Gasteiger charge is -2.16. The van der Waals surface area contributed by atoms with Gasteiger partial charge in [-0.05, 0) is 31.0 Å². The molecule has 0 aliphatic heterocycles. The number of nitrogens with zero attached hydrogens (tertiary/aromatic N) is 1. The van der Waals surface area contributed by atoms with E-state index in [4.69, 9.17) is 17.0 Å². The minimum absolute atomic E-state index is 0.165. The SMILES string of the molecule is CCCc1nc(=S)cc(NC(C)c2ccc(OC)cc2)[nH]1. The van der Waals surface area contributed by atoms with Crippen molar-refractivity contribution < 1.29 is 4.74 Å². The summed E-state index contributed by atoms with van der Waals surface area (Å²) in [6.07, 6.45) is 1.94. The van der Waals surface area contributed by atoms with Gasteiger partial charge in [0.2, 0.25) is 0 Å². The first-order valence-electron chi connectivity index (χ1n) is 7.13. The normalized spacial score (nSPS) is 12.0. The number of aromatic amines is 1. The number of methoxy groups -OCH3 is 1. The van der Waals surface area contributed by atoms with Crippen LogP contribution in [-0.4, -0.2) is 17.1 Å². The smallest absolute Gasteiger partial charge is 0.131 e. The molecule has 1 unspecified atom stereocenters. The van der Waals surface area contributed by atoms with E-state index in [0.717, 1.165) is 30.2 Å². The van der Waals surface area contributed by atoms with Crippen molar-refractivity contribution in [2.75, 3.05) is 12.4 Å². The molecule has 2 rings (SSSR count). The van der Waals surface area contributed by atoms with Crippen molar-refractivity contribution in [2.24, 2.45) is 0 Å². The predicted octanol–water partition coefficient (Wildman–Crippen LogP) is 4.27. The number of H-pyrrole nitrogens is 1. The molecule has 0 saturated heterocycles. The van der Waals surface area contributed by atoms with Crippen LogP contribution < -0.4 is 10.1 Å². The van der Waals surface area contributed by atoms with Crippen LogP contribution in [0.3, 0.4) is 0 Å². The fraction of sp³-hybridized carbons (Fsp3) is 0.375. The maximum absolute atomic E-state index is 5.22. The van der Waals surface area contributed by atoms with E-state index < -0.39 is 0 Å². The number of aromatic nitrogens is 2. The summed E-state index contributed by atoms with van der Waals surface area (Å²) in [6.45, 7) is 4.23. The standard InChI is InChI=1S/C16H21N3OS/c1-4-5-14-18-15(10-16(21)19-14)17-11(2)12-6-8-13(20-3)9-7-12/h6-11H,4-5H2,1-3H3,(H2,17,18,19,21). The van der Waals surface area contributed by atoms with Gasteiger partial charge in [-0.2, -0.15) is 0 Å². The molecule has 0 spiro atoms. The Hall–Kier alpha value is -1.88. The quantitative estimate of drug-likeness (QED) is 0.782. The minimum Gasteiger partial charge on any atom is -0.497 e. The van der Waals surface area contributed by atoms with Crippen molar-refractivity contribution in [3.8, 4) is 5.75 Å². The molecule has 0 fully saturated rings. The third-order valence-electron chi connectivity index (χ3n) is 3.27. The number of hydrogen-bond donors (Lipinski definition) is 2. The van der Waals surface area contributed by atoms with E-state index in [1.54, 1.807) is 7.11 Å². The molecule has 2 N–H and O–H groups in total. The van der Waals surface area contributed by atoms with Crippen LogP contribution in [0.5, 0.6) is 5.75 Å². The highest BCUT2D eigenvalue weighted by Gasteiger charge is 2.07. The highest BCUT2D eigenvalue weighted by atomic mass is 32.1. The highest BCUT2D eigenvalue weighted by Crippen LogP contribution is 2.20. The van der Waals surface area contributed by atoms with Gasteiger partial charge in [-0.25, -0.2) is 4.98 Å². The molecule has 0 aliphatic rings. The Morgan fingerprint density at radius 1 is 1.33 bits per heavy atom. The Morgan fingerprint density at radius 2 is 2.05 bits per heavy atom. The largest absolute Gasteiger partial charge is 0.497 e. The fourth-order valence-corrected chi connectivity index (χ4v) is 2.38. The molecule has 112 valence electrons. The maximum Gasteiger partial charge on any atom is 0.131 e. The summed E-state index contributed by atoms with van der Waals surface area (Å²) < 4.78 is 5.79. The number of anilines is 1. The van der Waals surface area contributed by atoms with E-state index in [0.29, 0.717) is 4.64 Å². The summed E-state index contributed by atoms with van der Waals surface area (Å²) in [7, 11) is 1.67. The number of ether oxygens (including phenoxy) is 1. The van der Waals surface area contributed by atoms with E-state index in [2.05, 4.69) is 41.3 Å². The second kappa shape index (κ2) is 7.22. The van der Waals surface area contributed by atoms with Gasteiger partial charge in [0, 0.05) is 18.5 Å². The molecule has 2 aromatic rings. The molecule has 0 bridgehead atoms. The van der Waals surface area contributed by atoms with Crippen LogP contribution in [-0.2, 0) is 6.42 Å². The Morgan fingerprint density at radius 3 is 2.67 bits per heavy atom. The van der Waals surface area contributed by atoms with Gasteiger partial charge in [-0.15, -0.1) is 0 Å². The first-order valence-corrected chi connectivity index (χ1v) is 7.54. The summed E-state index contributed by atoms with van der Waals surface area (Å²) in [4.78, 5) is 7.62. The highest BCUT2D eigenvalue weighted by molar-refractivity contribution is 7.71. The summed E-state index contributed by atoms with van der Waals surface area (Å²) in [5.41, 5.74) is 1.18. The van der Waals surface area contributed by atoms with Gasteiger partial charge < -0.3 is 15.0 Å². The van der Waals surface area contributed by atoms with Gasteiger partial charge >= 0.3 is 0 Å². The molecule has 1 aromatic heterocycles. The summed E-state index contributed by atoms with van der Waals surface area (Å²) in [6, 6.07) is 10.1. The predicted molar refractivity (Wildman–Crippen MR) is 88.4 cm³/mol. The lowest BCUT2D eigenvalue weighted by Crippen LogP contribution is -2.09. The van der Waals surface area contributed by atoms with Gasteiger partial charge in [0.05, 0.1) is 7.11 Å². The van der Waals surface area contributed by atoms with E-state index in [9.17, 15) is 0 Å². The molecule has 5 heteroatoms. The van der Waals surface area contributed by atoms with Crippen LogP contribution in [0.15, 0.2) is 30.3 Å².